The molecule has 0 radical (unpaired) electrons. The molecule has 56 valence electrons. The molecule has 0 N–H and O–H groups in total. The summed E-state index contributed by atoms with van der Waals surface area (Å²) in [5.41, 5.74) is 2.03. The van der Waals surface area contributed by atoms with Crippen molar-refractivity contribution in [2.75, 3.05) is 0 Å². The Kier molecular flexibility index (Phi) is 4.37. The zero-order valence-corrected chi connectivity index (χ0v) is 6.92. The molecule has 1 rings (SSSR count). The second kappa shape index (κ2) is 4.85. The number of rotatable bonds is 0. The molecule has 3 heteroatoms. The number of nitrogens with zero attached hydrogens (tertiary/aromatic N) is 3. The molecule has 0 fully saturated rings. The van der Waals surface area contributed by atoms with Gasteiger partial charge in [0.1, 0.15) is 0 Å². The molecule has 1 heterocycles. The Labute approximate surface area is 61.5 Å². The molecule has 0 aromatic carbocycles. The summed E-state index contributed by atoms with van der Waals surface area (Å²) in [4.78, 5) is 0. The molecule has 10 heavy (non-hydrogen) atoms. The largest absolute Gasteiger partial charge is 0.138 e. The highest BCUT2D eigenvalue weighted by molar-refractivity contribution is 5.08. The number of hydrogen-bond acceptors (Lipinski definition) is 3. The first kappa shape index (κ1) is 9.01. The van der Waals surface area contributed by atoms with Crippen molar-refractivity contribution in [3.05, 3.63) is 17.5 Å². The highest BCUT2D eigenvalue weighted by Crippen LogP contribution is 1.94. The average Bonchev–Trinajstić information content (AvgIpc) is 2.00. The van der Waals surface area contributed by atoms with E-state index in [1.165, 1.54) is 0 Å². The highest BCUT2D eigenvalue weighted by atomic mass is 15.3. The van der Waals surface area contributed by atoms with E-state index in [0.29, 0.717) is 0 Å². The van der Waals surface area contributed by atoms with E-state index in [0.717, 1.165) is 11.3 Å². The molecule has 0 aliphatic heterocycles. The third kappa shape index (κ3) is 2.53. The van der Waals surface area contributed by atoms with Gasteiger partial charge in [0.25, 0.3) is 0 Å². The summed E-state index contributed by atoms with van der Waals surface area (Å²) in [7, 11) is 0. The van der Waals surface area contributed by atoms with Gasteiger partial charge in [-0.25, -0.2) is 0 Å². The van der Waals surface area contributed by atoms with Crippen LogP contribution in [0.15, 0.2) is 6.20 Å². The van der Waals surface area contributed by atoms with E-state index in [4.69, 9.17) is 0 Å². The summed E-state index contributed by atoms with van der Waals surface area (Å²) in [5, 5.41) is 10.7. The summed E-state index contributed by atoms with van der Waals surface area (Å²) in [6, 6.07) is 0. The Morgan fingerprint density at radius 1 is 1.20 bits per heavy atom. The first-order chi connectivity index (χ1) is 4.80. The van der Waals surface area contributed by atoms with Crippen molar-refractivity contribution >= 4 is 0 Å². The van der Waals surface area contributed by atoms with Crippen LogP contribution in [0.1, 0.15) is 25.1 Å². The molecular formula is C7H13N3. The Morgan fingerprint density at radius 3 is 2.10 bits per heavy atom. The van der Waals surface area contributed by atoms with Crippen LogP contribution >= 0.6 is 0 Å². The fourth-order valence-corrected chi connectivity index (χ4v) is 0.378. The molecule has 1 aromatic rings. The lowest BCUT2D eigenvalue weighted by molar-refractivity contribution is 0.826. The molecule has 0 atom stereocenters. The Morgan fingerprint density at radius 2 is 1.80 bits per heavy atom. The maximum atomic E-state index is 3.72. The smallest absolute Gasteiger partial charge is 0.0662 e. The number of hydrogen-bond donors (Lipinski definition) is 0. The van der Waals surface area contributed by atoms with Gasteiger partial charge in [0.05, 0.1) is 11.9 Å². The molecule has 0 spiro atoms. The third-order valence-corrected chi connectivity index (χ3v) is 1.07. The summed E-state index contributed by atoms with van der Waals surface area (Å²) < 4.78 is 0. The molecule has 1 aromatic heterocycles. The SMILES string of the molecule is CC.Cc1cnnnc1C. The predicted molar refractivity (Wildman–Crippen MR) is 40.6 cm³/mol. The lowest BCUT2D eigenvalue weighted by Gasteiger charge is -1.89. The minimum atomic E-state index is 0.944. The van der Waals surface area contributed by atoms with Crippen molar-refractivity contribution in [2.45, 2.75) is 27.7 Å². The molecular weight excluding hydrogens is 126 g/mol. The lowest BCUT2D eigenvalue weighted by Crippen LogP contribution is -1.91. The van der Waals surface area contributed by atoms with Crippen LogP contribution in [0.2, 0.25) is 0 Å². The Balaban J connectivity index is 0.000000371. The normalized spacial score (nSPS) is 8.00. The van der Waals surface area contributed by atoms with Crippen molar-refractivity contribution < 1.29 is 0 Å². The first-order valence-corrected chi connectivity index (χ1v) is 3.42. The Hall–Kier alpha value is -0.990. The Bertz CT molecular complexity index is 165. The van der Waals surface area contributed by atoms with E-state index in [1.54, 1.807) is 6.20 Å². The molecule has 0 unspecified atom stereocenters. The zero-order chi connectivity index (χ0) is 7.98. The molecule has 0 amide bonds. The van der Waals surface area contributed by atoms with Gasteiger partial charge in [0.2, 0.25) is 0 Å². The number of aryl methyl sites for hydroxylation is 2. The molecule has 0 aliphatic carbocycles. The van der Waals surface area contributed by atoms with Crippen LogP contribution in [0.3, 0.4) is 0 Å². The van der Waals surface area contributed by atoms with Crippen LogP contribution < -0.4 is 0 Å². The van der Waals surface area contributed by atoms with Crippen molar-refractivity contribution in [2.24, 2.45) is 0 Å². The van der Waals surface area contributed by atoms with Gasteiger partial charge in [-0.05, 0) is 24.6 Å². The van der Waals surface area contributed by atoms with Gasteiger partial charge in [-0.1, -0.05) is 13.8 Å². The van der Waals surface area contributed by atoms with Gasteiger partial charge in [-0.3, -0.25) is 0 Å². The van der Waals surface area contributed by atoms with Crippen molar-refractivity contribution in [1.29, 1.82) is 0 Å². The van der Waals surface area contributed by atoms with Gasteiger partial charge < -0.3 is 0 Å². The molecule has 0 saturated carbocycles. The zero-order valence-electron chi connectivity index (χ0n) is 6.92. The molecule has 3 nitrogen and oxygen atoms in total. The van der Waals surface area contributed by atoms with Crippen LogP contribution in [0.4, 0.5) is 0 Å². The quantitative estimate of drug-likeness (QED) is 0.547. The summed E-state index contributed by atoms with van der Waals surface area (Å²) in [6.07, 6.45) is 1.70. The number of aromatic nitrogens is 3. The van der Waals surface area contributed by atoms with Crippen LogP contribution in [0.5, 0.6) is 0 Å². The van der Waals surface area contributed by atoms with Crippen molar-refractivity contribution in [3.63, 3.8) is 0 Å². The monoisotopic (exact) mass is 139 g/mol. The summed E-state index contributed by atoms with van der Waals surface area (Å²) >= 11 is 0. The standard InChI is InChI=1S/C5H7N3.C2H6/c1-4-3-6-8-7-5(4)2;1-2/h3H,1-2H3;1-2H3. The van der Waals surface area contributed by atoms with Crippen LogP contribution in [-0.2, 0) is 0 Å². The first-order valence-electron chi connectivity index (χ1n) is 3.42. The van der Waals surface area contributed by atoms with E-state index in [2.05, 4.69) is 15.4 Å². The molecule has 0 saturated heterocycles. The minimum Gasteiger partial charge on any atom is -0.138 e. The van der Waals surface area contributed by atoms with Gasteiger partial charge in [-0.15, -0.1) is 10.2 Å². The fraction of sp³-hybridized carbons (Fsp3) is 0.571. The van der Waals surface area contributed by atoms with E-state index in [1.807, 2.05) is 27.7 Å². The highest BCUT2D eigenvalue weighted by Gasteiger charge is 1.88. The average molecular weight is 139 g/mol. The van der Waals surface area contributed by atoms with Crippen LogP contribution in [0, 0.1) is 13.8 Å². The van der Waals surface area contributed by atoms with E-state index in [9.17, 15) is 0 Å². The van der Waals surface area contributed by atoms with E-state index in [-0.39, 0.29) is 0 Å². The van der Waals surface area contributed by atoms with E-state index < -0.39 is 0 Å². The van der Waals surface area contributed by atoms with Crippen molar-refractivity contribution in [1.82, 2.24) is 15.4 Å². The topological polar surface area (TPSA) is 38.7 Å². The summed E-state index contributed by atoms with van der Waals surface area (Å²) in [6.45, 7) is 7.86. The van der Waals surface area contributed by atoms with Crippen molar-refractivity contribution in [3.8, 4) is 0 Å². The lowest BCUT2D eigenvalue weighted by atomic mass is 10.3. The van der Waals surface area contributed by atoms with Gasteiger partial charge >= 0.3 is 0 Å². The second-order valence-corrected chi connectivity index (χ2v) is 1.70. The van der Waals surface area contributed by atoms with E-state index >= 15 is 0 Å². The minimum absolute atomic E-state index is 0.944. The van der Waals surface area contributed by atoms with Gasteiger partial charge in [-0.2, -0.15) is 0 Å². The van der Waals surface area contributed by atoms with Crippen LogP contribution in [0.25, 0.3) is 0 Å². The summed E-state index contributed by atoms with van der Waals surface area (Å²) in [5.74, 6) is 0. The molecule has 0 bridgehead atoms. The second-order valence-electron chi connectivity index (χ2n) is 1.70. The maximum absolute atomic E-state index is 3.72. The van der Waals surface area contributed by atoms with Crippen LogP contribution in [-0.4, -0.2) is 15.4 Å². The van der Waals surface area contributed by atoms with Gasteiger partial charge in [0.15, 0.2) is 0 Å². The molecule has 0 aliphatic rings. The third-order valence-electron chi connectivity index (χ3n) is 1.07. The van der Waals surface area contributed by atoms with Gasteiger partial charge in [0, 0.05) is 0 Å². The maximum Gasteiger partial charge on any atom is 0.0662 e. The predicted octanol–water partition coefficient (Wildman–Crippen LogP) is 1.51. The fourth-order valence-electron chi connectivity index (χ4n) is 0.378.